The van der Waals surface area contributed by atoms with Crippen LogP contribution in [-0.2, 0) is 0 Å². The maximum atomic E-state index is 13.3. The SMILES string of the molecule is CCC(C)(O)CNc1cc(OC)c(F)cc1N. The number of benzene rings is 1. The normalized spacial score (nSPS) is 14.2. The highest BCUT2D eigenvalue weighted by Crippen LogP contribution is 2.28. The third kappa shape index (κ3) is 3.49. The fraction of sp³-hybridized carbons (Fsp3) is 0.500. The molecule has 0 amide bonds. The molecule has 4 N–H and O–H groups in total. The highest BCUT2D eigenvalue weighted by atomic mass is 19.1. The highest BCUT2D eigenvalue weighted by Gasteiger charge is 2.18. The minimum atomic E-state index is -0.825. The average Bonchev–Trinajstić information content (AvgIpc) is 2.28. The van der Waals surface area contributed by atoms with Gasteiger partial charge in [0.15, 0.2) is 11.6 Å². The summed E-state index contributed by atoms with van der Waals surface area (Å²) in [5.41, 5.74) is 5.69. The molecule has 1 aromatic rings. The number of hydrogen-bond acceptors (Lipinski definition) is 4. The first-order valence-corrected chi connectivity index (χ1v) is 5.49. The molecule has 4 nitrogen and oxygen atoms in total. The number of hydrogen-bond donors (Lipinski definition) is 3. The van der Waals surface area contributed by atoms with E-state index < -0.39 is 11.4 Å². The second kappa shape index (κ2) is 5.23. The Kier molecular flexibility index (Phi) is 4.17. The topological polar surface area (TPSA) is 67.5 Å². The lowest BCUT2D eigenvalue weighted by atomic mass is 10.0. The van der Waals surface area contributed by atoms with Gasteiger partial charge in [0.2, 0.25) is 0 Å². The quantitative estimate of drug-likeness (QED) is 0.691. The maximum Gasteiger partial charge on any atom is 0.167 e. The predicted octanol–water partition coefficient (Wildman–Crippen LogP) is 1.99. The van der Waals surface area contributed by atoms with E-state index in [1.807, 2.05) is 6.92 Å². The van der Waals surface area contributed by atoms with Crippen molar-refractivity contribution in [2.24, 2.45) is 0 Å². The lowest BCUT2D eigenvalue weighted by Crippen LogP contribution is -2.32. The molecule has 1 unspecified atom stereocenters. The highest BCUT2D eigenvalue weighted by molar-refractivity contribution is 5.68. The number of ether oxygens (including phenoxy) is 1. The van der Waals surface area contributed by atoms with Crippen LogP contribution < -0.4 is 15.8 Å². The van der Waals surface area contributed by atoms with Crippen molar-refractivity contribution in [2.75, 3.05) is 24.7 Å². The molecule has 1 atom stereocenters. The summed E-state index contributed by atoms with van der Waals surface area (Å²) in [4.78, 5) is 0. The molecule has 17 heavy (non-hydrogen) atoms. The van der Waals surface area contributed by atoms with Gasteiger partial charge >= 0.3 is 0 Å². The van der Waals surface area contributed by atoms with Crippen molar-refractivity contribution < 1.29 is 14.2 Å². The second-order valence-corrected chi connectivity index (χ2v) is 4.28. The Hall–Kier alpha value is -1.49. The van der Waals surface area contributed by atoms with Crippen LogP contribution in [0.1, 0.15) is 20.3 Å². The van der Waals surface area contributed by atoms with Crippen molar-refractivity contribution >= 4 is 11.4 Å². The first kappa shape index (κ1) is 13.6. The molecule has 0 saturated carbocycles. The molecule has 0 bridgehead atoms. The van der Waals surface area contributed by atoms with Gasteiger partial charge in [0.1, 0.15) is 0 Å². The van der Waals surface area contributed by atoms with Crippen molar-refractivity contribution in [3.05, 3.63) is 17.9 Å². The average molecular weight is 242 g/mol. The summed E-state index contributed by atoms with van der Waals surface area (Å²) in [5, 5.41) is 12.8. The van der Waals surface area contributed by atoms with Crippen LogP contribution in [0.2, 0.25) is 0 Å². The molecule has 0 aliphatic carbocycles. The van der Waals surface area contributed by atoms with Crippen LogP contribution in [0.25, 0.3) is 0 Å². The van der Waals surface area contributed by atoms with E-state index >= 15 is 0 Å². The van der Waals surface area contributed by atoms with Crippen molar-refractivity contribution in [1.29, 1.82) is 0 Å². The van der Waals surface area contributed by atoms with Crippen molar-refractivity contribution in [2.45, 2.75) is 25.9 Å². The largest absolute Gasteiger partial charge is 0.494 e. The Morgan fingerprint density at radius 3 is 2.71 bits per heavy atom. The van der Waals surface area contributed by atoms with Gasteiger partial charge in [-0.3, -0.25) is 0 Å². The summed E-state index contributed by atoms with van der Waals surface area (Å²) >= 11 is 0. The first-order chi connectivity index (χ1) is 7.89. The Balaban J connectivity index is 2.84. The third-order valence-electron chi connectivity index (χ3n) is 2.75. The van der Waals surface area contributed by atoms with Crippen LogP contribution in [0.5, 0.6) is 5.75 Å². The summed E-state index contributed by atoms with van der Waals surface area (Å²) in [6, 6.07) is 2.68. The summed E-state index contributed by atoms with van der Waals surface area (Å²) in [6.45, 7) is 3.94. The number of methoxy groups -OCH3 is 1. The second-order valence-electron chi connectivity index (χ2n) is 4.28. The van der Waals surface area contributed by atoms with Gasteiger partial charge in [0, 0.05) is 18.7 Å². The van der Waals surface area contributed by atoms with Crippen LogP contribution >= 0.6 is 0 Å². The van der Waals surface area contributed by atoms with E-state index in [1.54, 1.807) is 6.92 Å². The molecule has 1 aromatic carbocycles. The van der Waals surface area contributed by atoms with E-state index in [1.165, 1.54) is 19.2 Å². The molecular formula is C12H19FN2O2. The molecule has 5 heteroatoms. The molecule has 0 radical (unpaired) electrons. The number of halogens is 1. The minimum Gasteiger partial charge on any atom is -0.494 e. The van der Waals surface area contributed by atoms with E-state index in [2.05, 4.69) is 5.32 Å². The molecule has 0 saturated heterocycles. The predicted molar refractivity (Wildman–Crippen MR) is 66.8 cm³/mol. The number of rotatable bonds is 5. The molecule has 0 spiro atoms. The van der Waals surface area contributed by atoms with E-state index in [-0.39, 0.29) is 11.4 Å². The van der Waals surface area contributed by atoms with Crippen LogP contribution in [0, 0.1) is 5.82 Å². The standard InChI is InChI=1S/C12H19FN2O2/c1-4-12(2,16)7-15-10-6-11(17-3)8(13)5-9(10)14/h5-6,15-16H,4,7,14H2,1-3H3. The molecule has 96 valence electrons. The van der Waals surface area contributed by atoms with Crippen LogP contribution in [-0.4, -0.2) is 24.4 Å². The minimum absolute atomic E-state index is 0.123. The smallest absolute Gasteiger partial charge is 0.167 e. The number of nitrogens with one attached hydrogen (secondary N) is 1. The molecule has 0 aliphatic rings. The maximum absolute atomic E-state index is 13.3. The van der Waals surface area contributed by atoms with Crippen molar-refractivity contribution in [3.63, 3.8) is 0 Å². The van der Waals surface area contributed by atoms with Crippen molar-refractivity contribution in [1.82, 2.24) is 0 Å². The Morgan fingerprint density at radius 2 is 2.18 bits per heavy atom. The Bertz CT molecular complexity index is 394. The van der Waals surface area contributed by atoms with Gasteiger partial charge in [-0.05, 0) is 13.3 Å². The number of nitrogens with two attached hydrogens (primary N) is 1. The van der Waals surface area contributed by atoms with Gasteiger partial charge in [0.25, 0.3) is 0 Å². The lowest BCUT2D eigenvalue weighted by Gasteiger charge is -2.23. The van der Waals surface area contributed by atoms with Gasteiger partial charge in [-0.2, -0.15) is 0 Å². The van der Waals surface area contributed by atoms with Gasteiger partial charge in [-0.1, -0.05) is 6.92 Å². The van der Waals surface area contributed by atoms with Gasteiger partial charge in [-0.15, -0.1) is 0 Å². The molecule has 1 rings (SSSR count). The van der Waals surface area contributed by atoms with E-state index in [0.717, 1.165) is 0 Å². The molecule has 0 fully saturated rings. The van der Waals surface area contributed by atoms with E-state index in [0.29, 0.717) is 18.7 Å². The number of anilines is 2. The zero-order valence-electron chi connectivity index (χ0n) is 10.4. The zero-order chi connectivity index (χ0) is 13.1. The Labute approximate surface area is 101 Å². The lowest BCUT2D eigenvalue weighted by molar-refractivity contribution is 0.0697. The van der Waals surface area contributed by atoms with E-state index in [9.17, 15) is 9.50 Å². The van der Waals surface area contributed by atoms with Gasteiger partial charge in [0.05, 0.1) is 24.1 Å². The van der Waals surface area contributed by atoms with Crippen LogP contribution in [0.15, 0.2) is 12.1 Å². The third-order valence-corrected chi connectivity index (χ3v) is 2.75. The van der Waals surface area contributed by atoms with E-state index in [4.69, 9.17) is 10.5 Å². The summed E-state index contributed by atoms with van der Waals surface area (Å²) < 4.78 is 18.2. The number of nitrogen functional groups attached to an aromatic ring is 1. The number of aliphatic hydroxyl groups is 1. The monoisotopic (exact) mass is 242 g/mol. The fourth-order valence-electron chi connectivity index (χ4n) is 1.29. The molecule has 0 aliphatic heterocycles. The summed E-state index contributed by atoms with van der Waals surface area (Å²) in [5.74, 6) is -0.379. The molecule has 0 aromatic heterocycles. The van der Waals surface area contributed by atoms with Crippen LogP contribution in [0.4, 0.5) is 15.8 Å². The van der Waals surface area contributed by atoms with Gasteiger partial charge < -0.3 is 20.9 Å². The Morgan fingerprint density at radius 1 is 1.53 bits per heavy atom. The fourth-order valence-corrected chi connectivity index (χ4v) is 1.29. The summed E-state index contributed by atoms with van der Waals surface area (Å²) in [6.07, 6.45) is 0.609. The molecule has 0 heterocycles. The zero-order valence-corrected chi connectivity index (χ0v) is 10.4. The first-order valence-electron chi connectivity index (χ1n) is 5.49. The van der Waals surface area contributed by atoms with Crippen LogP contribution in [0.3, 0.4) is 0 Å². The van der Waals surface area contributed by atoms with Crippen molar-refractivity contribution in [3.8, 4) is 5.75 Å². The van der Waals surface area contributed by atoms with Gasteiger partial charge in [-0.25, -0.2) is 4.39 Å². The summed E-state index contributed by atoms with van der Waals surface area (Å²) in [7, 11) is 1.39. The molecular weight excluding hydrogens is 223 g/mol.